The minimum absolute atomic E-state index is 0.108. The third kappa shape index (κ3) is 6.60. The zero-order chi connectivity index (χ0) is 30.6. The fraction of sp³-hybridized carbons (Fsp3) is 0.406. The van der Waals surface area contributed by atoms with E-state index in [9.17, 15) is 9.59 Å². The number of hydrogen-bond donors (Lipinski definition) is 0. The number of urea groups is 1. The molecule has 3 aliphatic rings. The van der Waals surface area contributed by atoms with Gasteiger partial charge in [0.05, 0.1) is 32.4 Å². The van der Waals surface area contributed by atoms with E-state index in [-0.39, 0.29) is 18.0 Å². The maximum Gasteiger partial charge on any atom is 0.326 e. The molecular weight excluding hydrogens is 621 g/mol. The van der Waals surface area contributed by atoms with Crippen molar-refractivity contribution in [3.05, 3.63) is 86.0 Å². The molecule has 6 rings (SSSR count). The molecule has 3 aliphatic heterocycles. The van der Waals surface area contributed by atoms with Crippen LogP contribution in [0.1, 0.15) is 35.0 Å². The van der Waals surface area contributed by atoms with E-state index in [1.165, 1.54) is 11.3 Å². The molecule has 2 saturated heterocycles. The van der Waals surface area contributed by atoms with Gasteiger partial charge in [0, 0.05) is 49.3 Å². The number of hydrogen-bond acceptors (Lipinski definition) is 7. The van der Waals surface area contributed by atoms with Crippen LogP contribution in [0.25, 0.3) is 0 Å². The SMILES string of the molecule is CCOc1ccsc1C1=N[C@@H](c2ccc(Cl)cc2)[C@@H](c2ccc(Cl)cc2)N1C(=O)N1CCN(CC(=O)N2CCOCC2)CC1. The summed E-state index contributed by atoms with van der Waals surface area (Å²) in [5.41, 5.74) is 1.87. The number of carbonyl (C=O) groups excluding carboxylic acids is 2. The van der Waals surface area contributed by atoms with E-state index in [4.69, 9.17) is 37.7 Å². The van der Waals surface area contributed by atoms with Gasteiger partial charge in [-0.15, -0.1) is 11.3 Å². The Kier molecular flexibility index (Phi) is 9.73. The Hall–Kier alpha value is -3.15. The Balaban J connectivity index is 1.30. The monoisotopic (exact) mass is 655 g/mol. The van der Waals surface area contributed by atoms with E-state index < -0.39 is 6.04 Å². The van der Waals surface area contributed by atoms with Crippen LogP contribution in [0.3, 0.4) is 0 Å². The van der Waals surface area contributed by atoms with Crippen LogP contribution in [0.15, 0.2) is 65.0 Å². The van der Waals surface area contributed by atoms with Gasteiger partial charge in [-0.25, -0.2) is 4.79 Å². The summed E-state index contributed by atoms with van der Waals surface area (Å²) in [4.78, 5) is 41.2. The summed E-state index contributed by atoms with van der Waals surface area (Å²) in [6.07, 6.45) is 0. The lowest BCUT2D eigenvalue weighted by Crippen LogP contribution is -2.55. The molecule has 232 valence electrons. The fourth-order valence-electron chi connectivity index (χ4n) is 5.91. The molecular formula is C32H35Cl2N5O4S. The lowest BCUT2D eigenvalue weighted by atomic mass is 9.94. The molecule has 0 spiro atoms. The first-order valence-electron chi connectivity index (χ1n) is 14.9. The average molecular weight is 657 g/mol. The highest BCUT2D eigenvalue weighted by atomic mass is 35.5. The van der Waals surface area contributed by atoms with Gasteiger partial charge in [-0.2, -0.15) is 0 Å². The molecule has 1 aromatic heterocycles. The minimum atomic E-state index is -0.423. The number of thiophene rings is 1. The van der Waals surface area contributed by atoms with Crippen LogP contribution in [0.4, 0.5) is 4.79 Å². The summed E-state index contributed by atoms with van der Waals surface area (Å²) < 4.78 is 11.4. The van der Waals surface area contributed by atoms with Gasteiger partial charge in [-0.3, -0.25) is 19.6 Å². The van der Waals surface area contributed by atoms with E-state index in [0.717, 1.165) is 16.0 Å². The number of rotatable bonds is 7. The molecule has 0 aliphatic carbocycles. The van der Waals surface area contributed by atoms with Crippen LogP contribution in [0.2, 0.25) is 10.0 Å². The first-order valence-corrected chi connectivity index (χ1v) is 16.5. The molecule has 0 bridgehead atoms. The van der Waals surface area contributed by atoms with E-state index in [2.05, 4.69) is 4.90 Å². The molecule has 0 radical (unpaired) electrons. The van der Waals surface area contributed by atoms with Gasteiger partial charge in [0.15, 0.2) is 5.84 Å². The molecule has 9 nitrogen and oxygen atoms in total. The van der Waals surface area contributed by atoms with E-state index in [0.29, 0.717) is 87.3 Å². The molecule has 0 N–H and O–H groups in total. The lowest BCUT2D eigenvalue weighted by Gasteiger charge is -2.39. The molecule has 12 heteroatoms. The molecule has 44 heavy (non-hydrogen) atoms. The summed E-state index contributed by atoms with van der Waals surface area (Å²) >= 11 is 14.0. The second-order valence-corrected chi connectivity index (χ2v) is 12.7. The average Bonchev–Trinajstić information content (AvgIpc) is 3.67. The van der Waals surface area contributed by atoms with Crippen LogP contribution < -0.4 is 4.74 Å². The summed E-state index contributed by atoms with van der Waals surface area (Å²) in [6, 6.07) is 16.2. The van der Waals surface area contributed by atoms with Gasteiger partial charge < -0.3 is 19.3 Å². The summed E-state index contributed by atoms with van der Waals surface area (Å²) in [5.74, 6) is 1.39. The Labute approximate surface area is 271 Å². The first-order chi connectivity index (χ1) is 21.4. The highest BCUT2D eigenvalue weighted by Gasteiger charge is 2.45. The Morgan fingerprint density at radius 2 is 1.52 bits per heavy atom. The third-order valence-electron chi connectivity index (χ3n) is 8.19. The van der Waals surface area contributed by atoms with Gasteiger partial charge in [0.25, 0.3) is 0 Å². The predicted octanol–water partition coefficient (Wildman–Crippen LogP) is 5.59. The van der Waals surface area contributed by atoms with Gasteiger partial charge in [0.2, 0.25) is 5.91 Å². The van der Waals surface area contributed by atoms with Crippen molar-refractivity contribution >= 4 is 52.3 Å². The van der Waals surface area contributed by atoms with Crippen molar-refractivity contribution in [1.29, 1.82) is 0 Å². The number of halogens is 2. The van der Waals surface area contributed by atoms with Crippen molar-refractivity contribution in [2.75, 3.05) is 65.6 Å². The van der Waals surface area contributed by atoms with Crippen molar-refractivity contribution in [3.63, 3.8) is 0 Å². The molecule has 0 saturated carbocycles. The van der Waals surface area contributed by atoms with Crippen LogP contribution in [-0.2, 0) is 9.53 Å². The summed E-state index contributed by atoms with van der Waals surface area (Å²) in [7, 11) is 0. The number of piperazine rings is 1. The van der Waals surface area contributed by atoms with Crippen LogP contribution in [0, 0.1) is 0 Å². The number of nitrogens with zero attached hydrogens (tertiary/aromatic N) is 5. The maximum absolute atomic E-state index is 14.6. The predicted molar refractivity (Wildman–Crippen MR) is 173 cm³/mol. The summed E-state index contributed by atoms with van der Waals surface area (Å²) in [6.45, 7) is 7.41. The van der Waals surface area contributed by atoms with Crippen molar-refractivity contribution < 1.29 is 19.1 Å². The van der Waals surface area contributed by atoms with Gasteiger partial charge in [-0.05, 0) is 53.8 Å². The second-order valence-electron chi connectivity index (χ2n) is 10.9. The van der Waals surface area contributed by atoms with Crippen LogP contribution in [0.5, 0.6) is 5.75 Å². The quantitative estimate of drug-likeness (QED) is 0.331. The van der Waals surface area contributed by atoms with Crippen LogP contribution >= 0.6 is 34.5 Å². The zero-order valence-electron chi connectivity index (χ0n) is 24.5. The number of aliphatic imine (C=N–C) groups is 1. The summed E-state index contributed by atoms with van der Waals surface area (Å²) in [5, 5.41) is 3.21. The Bertz CT molecular complexity index is 1490. The van der Waals surface area contributed by atoms with E-state index >= 15 is 0 Å². The number of amidine groups is 1. The number of ether oxygens (including phenoxy) is 2. The third-order valence-corrected chi connectivity index (χ3v) is 9.59. The molecule has 2 aromatic carbocycles. The van der Waals surface area contributed by atoms with Gasteiger partial charge in [0.1, 0.15) is 16.7 Å². The Morgan fingerprint density at radius 1 is 0.886 bits per heavy atom. The zero-order valence-corrected chi connectivity index (χ0v) is 26.9. The maximum atomic E-state index is 14.6. The smallest absolute Gasteiger partial charge is 0.326 e. The Morgan fingerprint density at radius 3 is 2.16 bits per heavy atom. The molecule has 3 amide bonds. The largest absolute Gasteiger partial charge is 0.492 e. The van der Waals surface area contributed by atoms with E-state index in [1.54, 1.807) is 0 Å². The molecule has 0 unspecified atom stereocenters. The minimum Gasteiger partial charge on any atom is -0.492 e. The number of benzene rings is 2. The van der Waals surface area contributed by atoms with Gasteiger partial charge in [-0.1, -0.05) is 47.5 Å². The van der Waals surface area contributed by atoms with Gasteiger partial charge >= 0.3 is 6.03 Å². The van der Waals surface area contributed by atoms with Crippen molar-refractivity contribution in [3.8, 4) is 5.75 Å². The molecule has 4 heterocycles. The van der Waals surface area contributed by atoms with Crippen molar-refractivity contribution in [2.45, 2.75) is 19.0 Å². The van der Waals surface area contributed by atoms with Crippen molar-refractivity contribution in [2.24, 2.45) is 4.99 Å². The highest BCUT2D eigenvalue weighted by molar-refractivity contribution is 7.12. The second kappa shape index (κ2) is 13.9. The highest BCUT2D eigenvalue weighted by Crippen LogP contribution is 2.46. The number of morpholine rings is 1. The lowest BCUT2D eigenvalue weighted by molar-refractivity contribution is -0.136. The fourth-order valence-corrected chi connectivity index (χ4v) is 6.99. The van der Waals surface area contributed by atoms with Crippen LogP contribution in [-0.4, -0.2) is 103 Å². The first kappa shape index (κ1) is 30.9. The normalized spacial score (nSPS) is 21.0. The number of amides is 3. The van der Waals surface area contributed by atoms with E-state index in [1.807, 2.05) is 81.6 Å². The molecule has 2 atom stereocenters. The van der Waals surface area contributed by atoms with Crippen molar-refractivity contribution in [1.82, 2.24) is 19.6 Å². The number of carbonyl (C=O) groups is 2. The molecule has 3 aromatic rings. The molecule has 2 fully saturated rings. The topological polar surface area (TPSA) is 77.9 Å². The standard InChI is InChI=1S/C32H35Cl2N5O4S/c1-2-43-26-11-20-44-30(26)31-35-28(22-3-7-24(33)8-4-22)29(23-5-9-25(34)10-6-23)39(31)32(41)38-14-12-36(13-15-38)21-27(40)37-16-18-42-19-17-37/h3-11,20,28-29H,2,12-19,21H2,1H3/t28-,29+/m0/s1.